The number of rotatable bonds is 7. The molecule has 3 heterocycles. The molecule has 1 aliphatic rings. The lowest BCUT2D eigenvalue weighted by Crippen LogP contribution is -2.36. The first kappa shape index (κ1) is 24.1. The molecule has 0 aliphatic carbocycles. The summed E-state index contributed by atoms with van der Waals surface area (Å²) in [5.74, 6) is -0.00648. The number of aliphatic hydroxyl groups excluding tert-OH is 1. The van der Waals surface area contributed by atoms with Crippen LogP contribution < -0.4 is 15.5 Å². The number of benzene rings is 2. The molecule has 1 aliphatic heterocycles. The third kappa shape index (κ3) is 5.30. The summed E-state index contributed by atoms with van der Waals surface area (Å²) >= 11 is 3.56. The fourth-order valence-electron chi connectivity index (χ4n) is 4.04. The van der Waals surface area contributed by atoms with Crippen LogP contribution in [0.3, 0.4) is 0 Å². The van der Waals surface area contributed by atoms with Gasteiger partial charge in [0.25, 0.3) is 5.91 Å². The molecule has 184 valence electrons. The monoisotopic (exact) mass is 548 g/mol. The van der Waals surface area contributed by atoms with E-state index in [2.05, 4.69) is 58.5 Å². The molecule has 0 atom stereocenters. The maximum Gasteiger partial charge on any atom is 0.270 e. The van der Waals surface area contributed by atoms with Crippen LogP contribution in [0, 0.1) is 0 Å². The third-order valence-corrected chi connectivity index (χ3v) is 6.54. The van der Waals surface area contributed by atoms with Gasteiger partial charge in [-0.05, 0) is 42.0 Å². The number of amides is 1. The Morgan fingerprint density at radius 1 is 1.06 bits per heavy atom. The van der Waals surface area contributed by atoms with Crippen molar-refractivity contribution < 1.29 is 14.6 Å². The molecule has 1 fully saturated rings. The molecule has 3 N–H and O–H groups in total. The highest BCUT2D eigenvalue weighted by Crippen LogP contribution is 2.32. The second-order valence-electron chi connectivity index (χ2n) is 8.22. The van der Waals surface area contributed by atoms with Gasteiger partial charge >= 0.3 is 0 Å². The average molecular weight is 549 g/mol. The summed E-state index contributed by atoms with van der Waals surface area (Å²) in [6, 6.07) is 17.6. The van der Waals surface area contributed by atoms with Crippen LogP contribution in [0.1, 0.15) is 10.5 Å². The van der Waals surface area contributed by atoms with Gasteiger partial charge in [-0.15, -0.1) is 0 Å². The molecule has 1 saturated heterocycles. The van der Waals surface area contributed by atoms with Crippen molar-refractivity contribution in [2.24, 2.45) is 0 Å². The zero-order valence-electron chi connectivity index (χ0n) is 19.4. The van der Waals surface area contributed by atoms with Crippen LogP contribution in [0.15, 0.2) is 65.3 Å². The lowest BCUT2D eigenvalue weighted by Gasteiger charge is -2.28. The molecule has 0 spiro atoms. The lowest BCUT2D eigenvalue weighted by atomic mass is 10.0. The van der Waals surface area contributed by atoms with Crippen LogP contribution >= 0.6 is 15.9 Å². The highest BCUT2D eigenvalue weighted by atomic mass is 79.9. The van der Waals surface area contributed by atoms with Gasteiger partial charge in [0.15, 0.2) is 5.65 Å². The molecule has 2 aromatic heterocycles. The fraction of sp³-hybridized carbons (Fsp3) is 0.231. The van der Waals surface area contributed by atoms with Crippen molar-refractivity contribution in [2.45, 2.75) is 0 Å². The number of carbonyl (C=O) groups excluding carboxylic acids is 1. The van der Waals surface area contributed by atoms with E-state index in [-0.39, 0.29) is 24.8 Å². The van der Waals surface area contributed by atoms with Crippen LogP contribution in [0.5, 0.6) is 0 Å². The number of nitrogens with one attached hydrogen (secondary N) is 2. The summed E-state index contributed by atoms with van der Waals surface area (Å²) < 4.78 is 6.26. The Bertz CT molecular complexity index is 1380. The van der Waals surface area contributed by atoms with Gasteiger partial charge in [-0.1, -0.05) is 34.1 Å². The number of anilines is 3. The topological polar surface area (TPSA) is 112 Å². The maximum atomic E-state index is 12.9. The first-order chi connectivity index (χ1) is 17.6. The van der Waals surface area contributed by atoms with Gasteiger partial charge in [0, 0.05) is 52.6 Å². The van der Waals surface area contributed by atoms with Gasteiger partial charge in [0.05, 0.1) is 19.8 Å². The van der Waals surface area contributed by atoms with Gasteiger partial charge < -0.3 is 25.4 Å². The number of halogens is 1. The zero-order valence-corrected chi connectivity index (χ0v) is 21.0. The largest absolute Gasteiger partial charge is 0.395 e. The van der Waals surface area contributed by atoms with E-state index >= 15 is 0 Å². The smallest absolute Gasteiger partial charge is 0.270 e. The SMILES string of the molecule is O=C(NCCO)c1nc2nc(Nc3ccc(N4CCOCC4)cc3)ncc2cc1-c1ccccc1Br. The van der Waals surface area contributed by atoms with Gasteiger partial charge in [0.1, 0.15) is 5.69 Å². The van der Waals surface area contributed by atoms with Crippen LogP contribution in [0.4, 0.5) is 17.3 Å². The Morgan fingerprint density at radius 3 is 2.58 bits per heavy atom. The van der Waals surface area contributed by atoms with Crippen molar-refractivity contribution in [3.63, 3.8) is 0 Å². The standard InChI is InChI=1S/C26H25BrN6O3/c27-22-4-2-1-3-20(22)21-15-17-16-29-26(32-24(17)31-23(21)25(35)28-9-12-34)30-18-5-7-19(8-6-18)33-10-13-36-14-11-33/h1-8,15-16,34H,9-14H2,(H,28,35)(H,29,30,31,32). The number of hydrogen-bond acceptors (Lipinski definition) is 8. The third-order valence-electron chi connectivity index (χ3n) is 5.84. The molecule has 4 aromatic rings. The molecule has 0 saturated carbocycles. The first-order valence-electron chi connectivity index (χ1n) is 11.6. The minimum atomic E-state index is -0.386. The summed E-state index contributed by atoms with van der Waals surface area (Å²) in [7, 11) is 0. The Balaban J connectivity index is 1.45. The molecule has 10 heteroatoms. The van der Waals surface area contributed by atoms with Gasteiger partial charge in [0.2, 0.25) is 5.95 Å². The fourth-order valence-corrected chi connectivity index (χ4v) is 4.54. The van der Waals surface area contributed by atoms with Crippen LogP contribution in [-0.4, -0.2) is 65.4 Å². The number of morpholine rings is 1. The van der Waals surface area contributed by atoms with Crippen LogP contribution in [0.25, 0.3) is 22.2 Å². The van der Waals surface area contributed by atoms with Crippen molar-refractivity contribution in [1.82, 2.24) is 20.3 Å². The number of pyridine rings is 1. The normalized spacial score (nSPS) is 13.6. The van der Waals surface area contributed by atoms with E-state index in [9.17, 15) is 4.79 Å². The van der Waals surface area contributed by atoms with E-state index in [1.807, 2.05) is 42.5 Å². The van der Waals surface area contributed by atoms with Crippen LogP contribution in [0.2, 0.25) is 0 Å². The van der Waals surface area contributed by atoms with Crippen molar-refractivity contribution in [2.75, 3.05) is 49.7 Å². The van der Waals surface area contributed by atoms with Crippen LogP contribution in [-0.2, 0) is 4.74 Å². The number of hydrogen-bond donors (Lipinski definition) is 3. The molecule has 5 rings (SSSR count). The lowest BCUT2D eigenvalue weighted by molar-refractivity contribution is 0.0941. The van der Waals surface area contributed by atoms with Crippen molar-refractivity contribution in [1.29, 1.82) is 0 Å². The molecule has 9 nitrogen and oxygen atoms in total. The van der Waals surface area contributed by atoms with Crippen molar-refractivity contribution in [3.8, 4) is 11.1 Å². The predicted octanol–water partition coefficient (Wildman–Crippen LogP) is 3.76. The van der Waals surface area contributed by atoms with E-state index in [1.54, 1.807) is 6.20 Å². The molecule has 0 bridgehead atoms. The van der Waals surface area contributed by atoms with Crippen molar-refractivity contribution >= 4 is 50.2 Å². The molecule has 36 heavy (non-hydrogen) atoms. The van der Waals surface area contributed by atoms with E-state index in [4.69, 9.17) is 9.84 Å². The van der Waals surface area contributed by atoms with E-state index in [1.165, 1.54) is 0 Å². The number of nitrogens with zero attached hydrogens (tertiary/aromatic N) is 4. The quantitative estimate of drug-likeness (QED) is 0.320. The van der Waals surface area contributed by atoms with Crippen molar-refractivity contribution in [3.05, 3.63) is 71.0 Å². The average Bonchev–Trinajstić information content (AvgIpc) is 2.92. The van der Waals surface area contributed by atoms with Gasteiger partial charge in [-0.3, -0.25) is 4.79 Å². The summed E-state index contributed by atoms with van der Waals surface area (Å²) in [4.78, 5) is 28.8. The number of fused-ring (bicyclic) bond motifs is 1. The highest BCUT2D eigenvalue weighted by Gasteiger charge is 2.19. The Kier molecular flexibility index (Phi) is 7.36. The molecule has 1 amide bonds. The number of ether oxygens (including phenoxy) is 1. The van der Waals surface area contributed by atoms with E-state index in [0.717, 1.165) is 47.7 Å². The predicted molar refractivity (Wildman–Crippen MR) is 143 cm³/mol. The minimum Gasteiger partial charge on any atom is -0.395 e. The summed E-state index contributed by atoms with van der Waals surface area (Å²) in [6.45, 7) is 3.20. The summed E-state index contributed by atoms with van der Waals surface area (Å²) in [5.41, 5.74) is 4.07. The van der Waals surface area contributed by atoms with Gasteiger partial charge in [-0.25, -0.2) is 9.97 Å². The number of aromatic nitrogens is 3. The number of aliphatic hydroxyl groups is 1. The second-order valence-corrected chi connectivity index (χ2v) is 9.08. The van der Waals surface area contributed by atoms with E-state index < -0.39 is 0 Å². The maximum absolute atomic E-state index is 12.9. The molecule has 2 aromatic carbocycles. The summed E-state index contributed by atoms with van der Waals surface area (Å²) in [6.07, 6.45) is 1.69. The summed E-state index contributed by atoms with van der Waals surface area (Å²) in [5, 5.41) is 15.8. The minimum absolute atomic E-state index is 0.130. The molecule has 0 radical (unpaired) electrons. The van der Waals surface area contributed by atoms with Gasteiger partial charge in [-0.2, -0.15) is 4.98 Å². The zero-order chi connectivity index (χ0) is 24.9. The Morgan fingerprint density at radius 2 is 1.83 bits per heavy atom. The highest BCUT2D eigenvalue weighted by molar-refractivity contribution is 9.10. The first-order valence-corrected chi connectivity index (χ1v) is 12.4. The Labute approximate surface area is 216 Å². The second kappa shape index (κ2) is 11.0. The molecule has 0 unspecified atom stereocenters. The number of carbonyl (C=O) groups is 1. The van der Waals surface area contributed by atoms with E-state index in [0.29, 0.717) is 22.5 Å². The molecular weight excluding hydrogens is 524 g/mol. The Hall–Kier alpha value is -3.60. The molecular formula is C26H25BrN6O3.